The zero-order valence-electron chi connectivity index (χ0n) is 12.6. The molecule has 0 aliphatic rings. The third kappa shape index (κ3) is 4.04. The first-order chi connectivity index (χ1) is 11.6. The van der Waals surface area contributed by atoms with Crippen LogP contribution < -0.4 is 15.4 Å². The highest BCUT2D eigenvalue weighted by Crippen LogP contribution is 2.30. The summed E-state index contributed by atoms with van der Waals surface area (Å²) in [6.07, 6.45) is 1.51. The lowest BCUT2D eigenvalue weighted by molar-refractivity contribution is 0.417. The molecule has 3 aromatic rings. The number of ether oxygens (including phenoxy) is 1. The first-order valence-corrected chi connectivity index (χ1v) is 7.72. The van der Waals surface area contributed by atoms with E-state index in [0.717, 1.165) is 5.69 Å². The van der Waals surface area contributed by atoms with Gasteiger partial charge in [0.1, 0.15) is 5.75 Å². The first kappa shape index (κ1) is 16.3. The van der Waals surface area contributed by atoms with Crippen molar-refractivity contribution in [2.24, 2.45) is 0 Å². The van der Waals surface area contributed by atoms with Gasteiger partial charge in [-0.2, -0.15) is 10.1 Å². The second-order valence-electron chi connectivity index (χ2n) is 4.77. The Balaban J connectivity index is 1.80. The Morgan fingerprint density at radius 1 is 0.958 bits per heavy atom. The number of hydrogen-bond acceptors (Lipinski definition) is 6. The van der Waals surface area contributed by atoms with Gasteiger partial charge < -0.3 is 15.4 Å². The number of anilines is 4. The standard InChI is InChI=1S/C16H13Cl2N5O/c1-24-14-7-4-11(18)8-13(14)21-15-9-19-23-16(22-15)20-12-5-2-10(17)3-6-12/h2-9H,1H3,(H2,20,21,22,23). The lowest BCUT2D eigenvalue weighted by Gasteiger charge is -2.11. The quantitative estimate of drug-likeness (QED) is 0.687. The van der Waals surface area contributed by atoms with Crippen molar-refractivity contribution in [3.63, 3.8) is 0 Å². The molecule has 0 saturated heterocycles. The molecule has 0 amide bonds. The van der Waals surface area contributed by atoms with Crippen LogP contribution in [-0.2, 0) is 0 Å². The van der Waals surface area contributed by atoms with Crippen molar-refractivity contribution >= 4 is 46.3 Å². The van der Waals surface area contributed by atoms with Gasteiger partial charge in [0, 0.05) is 15.7 Å². The van der Waals surface area contributed by atoms with Crippen LogP contribution in [0.15, 0.2) is 48.7 Å². The molecular weight excluding hydrogens is 349 g/mol. The van der Waals surface area contributed by atoms with Gasteiger partial charge in [0.2, 0.25) is 5.95 Å². The fraction of sp³-hybridized carbons (Fsp3) is 0.0625. The molecule has 2 aromatic carbocycles. The molecule has 122 valence electrons. The van der Waals surface area contributed by atoms with Crippen LogP contribution in [0.25, 0.3) is 0 Å². The van der Waals surface area contributed by atoms with E-state index in [1.54, 1.807) is 37.4 Å². The van der Waals surface area contributed by atoms with Gasteiger partial charge in [0.25, 0.3) is 0 Å². The Morgan fingerprint density at radius 3 is 2.46 bits per heavy atom. The highest BCUT2D eigenvalue weighted by molar-refractivity contribution is 6.31. The lowest BCUT2D eigenvalue weighted by atomic mass is 10.3. The fourth-order valence-electron chi connectivity index (χ4n) is 1.99. The van der Waals surface area contributed by atoms with Crippen LogP contribution in [0.4, 0.5) is 23.1 Å². The van der Waals surface area contributed by atoms with E-state index in [0.29, 0.717) is 33.2 Å². The summed E-state index contributed by atoms with van der Waals surface area (Å²) in [6.45, 7) is 0. The maximum atomic E-state index is 6.02. The molecule has 8 heteroatoms. The normalized spacial score (nSPS) is 10.3. The minimum absolute atomic E-state index is 0.350. The van der Waals surface area contributed by atoms with Crippen LogP contribution in [0.2, 0.25) is 10.0 Å². The van der Waals surface area contributed by atoms with E-state index >= 15 is 0 Å². The van der Waals surface area contributed by atoms with Crippen molar-refractivity contribution in [1.29, 1.82) is 0 Å². The Kier molecular flexibility index (Phi) is 4.98. The molecule has 1 aromatic heterocycles. The number of halogens is 2. The average molecular weight is 362 g/mol. The number of benzene rings is 2. The summed E-state index contributed by atoms with van der Waals surface area (Å²) in [7, 11) is 1.58. The number of methoxy groups -OCH3 is 1. The van der Waals surface area contributed by atoms with Crippen molar-refractivity contribution in [1.82, 2.24) is 15.2 Å². The predicted octanol–water partition coefficient (Wildman–Crippen LogP) is 4.67. The number of rotatable bonds is 5. The zero-order chi connectivity index (χ0) is 16.9. The van der Waals surface area contributed by atoms with Crippen LogP contribution in [0.1, 0.15) is 0 Å². The summed E-state index contributed by atoms with van der Waals surface area (Å²) in [5.41, 5.74) is 1.49. The molecule has 0 atom stereocenters. The Bertz CT molecular complexity index is 842. The number of nitrogens with zero attached hydrogens (tertiary/aromatic N) is 3. The number of aromatic nitrogens is 3. The van der Waals surface area contributed by atoms with Crippen LogP contribution >= 0.6 is 23.2 Å². The van der Waals surface area contributed by atoms with Gasteiger partial charge in [-0.05, 0) is 42.5 Å². The van der Waals surface area contributed by atoms with Gasteiger partial charge in [0.05, 0.1) is 19.0 Å². The second-order valence-corrected chi connectivity index (χ2v) is 5.64. The minimum Gasteiger partial charge on any atom is -0.495 e. The molecule has 0 bridgehead atoms. The molecular formula is C16H13Cl2N5O. The first-order valence-electron chi connectivity index (χ1n) is 6.97. The van der Waals surface area contributed by atoms with Gasteiger partial charge in [0.15, 0.2) is 5.82 Å². The molecule has 0 fully saturated rings. The highest BCUT2D eigenvalue weighted by atomic mass is 35.5. The van der Waals surface area contributed by atoms with E-state index in [1.165, 1.54) is 6.20 Å². The highest BCUT2D eigenvalue weighted by Gasteiger charge is 2.07. The minimum atomic E-state index is 0.350. The van der Waals surface area contributed by atoms with E-state index < -0.39 is 0 Å². The van der Waals surface area contributed by atoms with Gasteiger partial charge >= 0.3 is 0 Å². The maximum absolute atomic E-state index is 6.02. The molecule has 24 heavy (non-hydrogen) atoms. The van der Waals surface area contributed by atoms with Crippen molar-refractivity contribution in [3.05, 3.63) is 58.7 Å². The summed E-state index contributed by atoms with van der Waals surface area (Å²) >= 11 is 11.9. The summed E-state index contributed by atoms with van der Waals surface area (Å²) in [5.74, 6) is 1.50. The zero-order valence-corrected chi connectivity index (χ0v) is 14.1. The molecule has 0 unspecified atom stereocenters. The van der Waals surface area contributed by atoms with Crippen molar-refractivity contribution in [2.75, 3.05) is 17.7 Å². The van der Waals surface area contributed by atoms with Crippen LogP contribution in [-0.4, -0.2) is 22.3 Å². The van der Waals surface area contributed by atoms with E-state index in [-0.39, 0.29) is 0 Å². The smallest absolute Gasteiger partial charge is 0.249 e. The Hall–Kier alpha value is -2.57. The maximum Gasteiger partial charge on any atom is 0.249 e. The Labute approximate surface area is 148 Å². The number of hydrogen-bond donors (Lipinski definition) is 2. The molecule has 1 heterocycles. The molecule has 0 spiro atoms. The van der Waals surface area contributed by atoms with Crippen LogP contribution in [0, 0.1) is 0 Å². The molecule has 0 saturated carbocycles. The fourth-order valence-corrected chi connectivity index (χ4v) is 2.29. The topological polar surface area (TPSA) is 72.0 Å². The molecule has 2 N–H and O–H groups in total. The monoisotopic (exact) mass is 361 g/mol. The van der Waals surface area contributed by atoms with Crippen LogP contribution in [0.5, 0.6) is 5.75 Å². The largest absolute Gasteiger partial charge is 0.495 e. The third-order valence-electron chi connectivity index (χ3n) is 3.08. The van der Waals surface area contributed by atoms with E-state index in [9.17, 15) is 0 Å². The summed E-state index contributed by atoms with van der Waals surface area (Å²) in [6, 6.07) is 12.5. The Morgan fingerprint density at radius 2 is 1.71 bits per heavy atom. The van der Waals surface area contributed by atoms with E-state index in [2.05, 4.69) is 25.8 Å². The molecule has 3 rings (SSSR count). The van der Waals surface area contributed by atoms with Crippen molar-refractivity contribution in [2.45, 2.75) is 0 Å². The molecule has 6 nitrogen and oxygen atoms in total. The number of nitrogens with one attached hydrogen (secondary N) is 2. The summed E-state index contributed by atoms with van der Waals surface area (Å²) in [4.78, 5) is 4.36. The summed E-state index contributed by atoms with van der Waals surface area (Å²) < 4.78 is 5.30. The predicted molar refractivity (Wildman–Crippen MR) is 95.8 cm³/mol. The average Bonchev–Trinajstić information content (AvgIpc) is 2.58. The molecule has 0 aliphatic carbocycles. The van der Waals surface area contributed by atoms with Gasteiger partial charge in [-0.15, -0.1) is 5.10 Å². The van der Waals surface area contributed by atoms with Gasteiger partial charge in [-0.1, -0.05) is 23.2 Å². The molecule has 0 aliphatic heterocycles. The van der Waals surface area contributed by atoms with Crippen molar-refractivity contribution in [3.8, 4) is 5.75 Å². The summed E-state index contributed by atoms with van der Waals surface area (Å²) in [5, 5.41) is 15.3. The second kappa shape index (κ2) is 7.33. The van der Waals surface area contributed by atoms with E-state index in [1.807, 2.05) is 12.1 Å². The van der Waals surface area contributed by atoms with Gasteiger partial charge in [-0.25, -0.2) is 0 Å². The van der Waals surface area contributed by atoms with E-state index in [4.69, 9.17) is 27.9 Å². The lowest BCUT2D eigenvalue weighted by Crippen LogP contribution is -2.03. The van der Waals surface area contributed by atoms with Gasteiger partial charge in [-0.3, -0.25) is 0 Å². The van der Waals surface area contributed by atoms with Crippen LogP contribution in [0.3, 0.4) is 0 Å². The SMILES string of the molecule is COc1ccc(Cl)cc1Nc1cnnc(Nc2ccc(Cl)cc2)n1. The third-order valence-corrected chi connectivity index (χ3v) is 3.57. The van der Waals surface area contributed by atoms with Crippen molar-refractivity contribution < 1.29 is 4.74 Å². The molecule has 0 radical (unpaired) electrons.